The number of nitrogens with one attached hydrogen (secondary N) is 2. The number of rotatable bonds is 4. The van der Waals surface area contributed by atoms with E-state index in [2.05, 4.69) is 10.3 Å². The molecule has 0 amide bonds. The summed E-state index contributed by atoms with van der Waals surface area (Å²) in [5, 5.41) is 3.09. The van der Waals surface area contributed by atoms with E-state index in [1.807, 2.05) is 37.3 Å². The fourth-order valence-electron chi connectivity index (χ4n) is 1.97. The first kappa shape index (κ1) is 14.3. The number of hydrogen-bond acceptors (Lipinski definition) is 3. The smallest absolute Gasteiger partial charge is 0.341 e. The van der Waals surface area contributed by atoms with Crippen LogP contribution >= 0.6 is 12.2 Å². The maximum absolute atomic E-state index is 11.7. The molecule has 0 aliphatic heterocycles. The van der Waals surface area contributed by atoms with Gasteiger partial charge in [-0.1, -0.05) is 42.5 Å². The normalized spacial score (nSPS) is 10.1. The number of carbonyl (C=O) groups excluding carboxylic acids is 1. The van der Waals surface area contributed by atoms with Gasteiger partial charge in [-0.15, -0.1) is 0 Å². The molecule has 2 N–H and O–H groups in total. The molecule has 0 bridgehead atoms. The highest BCUT2D eigenvalue weighted by Gasteiger charge is 2.17. The van der Waals surface area contributed by atoms with Gasteiger partial charge in [0.2, 0.25) is 0 Å². The van der Waals surface area contributed by atoms with Gasteiger partial charge in [0, 0.05) is 18.3 Å². The van der Waals surface area contributed by atoms with E-state index in [0.717, 1.165) is 11.3 Å². The average molecular weight is 288 g/mol. The Morgan fingerprint density at radius 3 is 2.70 bits per heavy atom. The van der Waals surface area contributed by atoms with Crippen molar-refractivity contribution in [1.29, 1.82) is 0 Å². The minimum Gasteiger partial charge on any atom is -0.465 e. The van der Waals surface area contributed by atoms with Crippen LogP contribution in [0.1, 0.15) is 21.6 Å². The Kier molecular flexibility index (Phi) is 4.53. The second-order valence-corrected chi connectivity index (χ2v) is 4.90. The first-order valence-corrected chi connectivity index (χ1v) is 6.62. The molecule has 1 aromatic heterocycles. The van der Waals surface area contributed by atoms with E-state index in [4.69, 9.17) is 17.0 Å². The third-order valence-electron chi connectivity index (χ3n) is 2.95. The number of ether oxygens (including phenoxy) is 1. The van der Waals surface area contributed by atoms with E-state index in [-0.39, 0.29) is 5.97 Å². The number of thiocarbonyl (C=S) groups is 1. The number of carbonyl (C=O) groups is 1. The molecule has 0 saturated carbocycles. The quantitative estimate of drug-likeness (QED) is 0.670. The first-order valence-electron chi connectivity index (χ1n) is 6.22. The average Bonchev–Trinajstić information content (AvgIpc) is 2.80. The van der Waals surface area contributed by atoms with E-state index >= 15 is 0 Å². The molecule has 0 fully saturated rings. The van der Waals surface area contributed by atoms with Crippen LogP contribution in [-0.4, -0.2) is 23.1 Å². The number of anilines is 1. The summed E-state index contributed by atoms with van der Waals surface area (Å²) in [4.78, 5) is 15.4. The third-order valence-corrected chi connectivity index (χ3v) is 3.19. The molecule has 2 aromatic rings. The second kappa shape index (κ2) is 6.34. The summed E-state index contributed by atoms with van der Waals surface area (Å²) in [6.45, 7) is 1.82. The number of H-pyrrole nitrogens is 1. The third kappa shape index (κ3) is 3.24. The van der Waals surface area contributed by atoms with Crippen LogP contribution in [-0.2, 0) is 11.2 Å². The van der Waals surface area contributed by atoms with Gasteiger partial charge in [-0.2, -0.15) is 0 Å². The zero-order chi connectivity index (χ0) is 14.5. The zero-order valence-electron chi connectivity index (χ0n) is 11.4. The van der Waals surface area contributed by atoms with Gasteiger partial charge in [0.1, 0.15) is 5.56 Å². The van der Waals surface area contributed by atoms with Crippen LogP contribution in [0.3, 0.4) is 0 Å². The summed E-state index contributed by atoms with van der Waals surface area (Å²) < 4.78 is 4.77. The molecule has 0 spiro atoms. The minimum absolute atomic E-state index is 0.381. The van der Waals surface area contributed by atoms with Crippen molar-refractivity contribution in [2.75, 3.05) is 12.4 Å². The van der Waals surface area contributed by atoms with Crippen LogP contribution in [0, 0.1) is 6.92 Å². The number of esters is 1. The van der Waals surface area contributed by atoms with Crippen LogP contribution in [0.15, 0.2) is 36.5 Å². The molecule has 1 heterocycles. The predicted molar refractivity (Wildman–Crippen MR) is 83.2 cm³/mol. The van der Waals surface area contributed by atoms with Crippen molar-refractivity contribution < 1.29 is 9.53 Å². The van der Waals surface area contributed by atoms with E-state index < -0.39 is 0 Å². The first-order chi connectivity index (χ1) is 9.61. The van der Waals surface area contributed by atoms with Gasteiger partial charge in [0.25, 0.3) is 0 Å². The van der Waals surface area contributed by atoms with Crippen LogP contribution in [0.25, 0.3) is 0 Å². The standard InChI is InChI=1S/C15H16N2O2S/c1-10-14(15(18)19-2)12(9-16-10)17-13(20)8-11-6-4-3-5-7-11/h3-7,9,16H,8H2,1-2H3,(H,17,20). The number of aromatic nitrogens is 1. The van der Waals surface area contributed by atoms with E-state index in [1.165, 1.54) is 7.11 Å². The van der Waals surface area contributed by atoms with Crippen LogP contribution < -0.4 is 5.32 Å². The van der Waals surface area contributed by atoms with Gasteiger partial charge in [-0.05, 0) is 12.5 Å². The fraction of sp³-hybridized carbons (Fsp3) is 0.200. The van der Waals surface area contributed by atoms with Gasteiger partial charge < -0.3 is 15.0 Å². The minimum atomic E-state index is -0.381. The highest BCUT2D eigenvalue weighted by Crippen LogP contribution is 2.20. The molecule has 5 heteroatoms. The fourth-order valence-corrected chi connectivity index (χ4v) is 2.24. The van der Waals surface area contributed by atoms with Gasteiger partial charge in [0.05, 0.1) is 17.8 Å². The maximum Gasteiger partial charge on any atom is 0.341 e. The molecule has 4 nitrogen and oxygen atoms in total. The summed E-state index contributed by atoms with van der Waals surface area (Å²) >= 11 is 5.33. The van der Waals surface area contributed by atoms with Crippen molar-refractivity contribution in [3.63, 3.8) is 0 Å². The monoisotopic (exact) mass is 288 g/mol. The molecule has 0 aliphatic carbocycles. The van der Waals surface area contributed by atoms with Crippen molar-refractivity contribution in [3.8, 4) is 0 Å². The summed E-state index contributed by atoms with van der Waals surface area (Å²) in [5.41, 5.74) is 3.01. The van der Waals surface area contributed by atoms with Gasteiger partial charge >= 0.3 is 5.97 Å². The van der Waals surface area contributed by atoms with Crippen molar-refractivity contribution in [1.82, 2.24) is 4.98 Å². The molecule has 20 heavy (non-hydrogen) atoms. The van der Waals surface area contributed by atoms with Crippen LogP contribution in [0.2, 0.25) is 0 Å². The van der Waals surface area contributed by atoms with Crippen molar-refractivity contribution in [2.24, 2.45) is 0 Å². The van der Waals surface area contributed by atoms with Gasteiger partial charge in [0.15, 0.2) is 0 Å². The lowest BCUT2D eigenvalue weighted by molar-refractivity contribution is 0.0601. The predicted octanol–water partition coefficient (Wildman–Crippen LogP) is 3.09. The second-order valence-electron chi connectivity index (χ2n) is 4.40. The van der Waals surface area contributed by atoms with Crippen molar-refractivity contribution in [2.45, 2.75) is 13.3 Å². The van der Waals surface area contributed by atoms with Crippen LogP contribution in [0.5, 0.6) is 0 Å². The number of benzene rings is 1. The van der Waals surface area contributed by atoms with E-state index in [9.17, 15) is 4.79 Å². The number of methoxy groups -OCH3 is 1. The molecular formula is C15H16N2O2S. The lowest BCUT2D eigenvalue weighted by Gasteiger charge is -2.08. The number of hydrogen-bond donors (Lipinski definition) is 2. The molecule has 0 unspecified atom stereocenters. The van der Waals surface area contributed by atoms with Crippen molar-refractivity contribution in [3.05, 3.63) is 53.3 Å². The molecule has 104 valence electrons. The lowest BCUT2D eigenvalue weighted by atomic mass is 10.1. The molecule has 0 aliphatic rings. The Morgan fingerprint density at radius 2 is 2.05 bits per heavy atom. The lowest BCUT2D eigenvalue weighted by Crippen LogP contribution is -2.14. The molecular weight excluding hydrogens is 272 g/mol. The highest BCUT2D eigenvalue weighted by atomic mass is 32.1. The zero-order valence-corrected chi connectivity index (χ0v) is 12.2. The molecule has 1 aromatic carbocycles. The highest BCUT2D eigenvalue weighted by molar-refractivity contribution is 7.80. The Morgan fingerprint density at radius 1 is 1.35 bits per heavy atom. The SMILES string of the molecule is COC(=O)c1c(NC(=S)Cc2ccccc2)c[nH]c1C. The number of aryl methyl sites for hydroxylation is 1. The Bertz CT molecular complexity index is 620. The Labute approximate surface area is 123 Å². The number of aromatic amines is 1. The molecule has 0 saturated heterocycles. The summed E-state index contributed by atoms with van der Waals surface area (Å²) in [5.74, 6) is -0.381. The van der Waals surface area contributed by atoms with Gasteiger partial charge in [-0.3, -0.25) is 0 Å². The Balaban J connectivity index is 2.11. The molecule has 0 atom stereocenters. The summed E-state index contributed by atoms with van der Waals surface area (Å²) in [6.07, 6.45) is 2.35. The van der Waals surface area contributed by atoms with E-state index in [1.54, 1.807) is 6.20 Å². The summed E-state index contributed by atoms with van der Waals surface area (Å²) in [6, 6.07) is 9.93. The largest absolute Gasteiger partial charge is 0.465 e. The van der Waals surface area contributed by atoms with Gasteiger partial charge in [-0.25, -0.2) is 4.79 Å². The van der Waals surface area contributed by atoms with Crippen molar-refractivity contribution >= 4 is 28.9 Å². The Hall–Kier alpha value is -2.14. The van der Waals surface area contributed by atoms with Crippen LogP contribution in [0.4, 0.5) is 5.69 Å². The topological polar surface area (TPSA) is 54.1 Å². The maximum atomic E-state index is 11.7. The molecule has 2 rings (SSSR count). The van der Waals surface area contributed by atoms with E-state index in [0.29, 0.717) is 22.7 Å². The molecule has 0 radical (unpaired) electrons. The summed E-state index contributed by atoms with van der Waals surface area (Å²) in [7, 11) is 1.36.